The van der Waals surface area contributed by atoms with Gasteiger partial charge < -0.3 is 20.6 Å². The second kappa shape index (κ2) is 11.9. The van der Waals surface area contributed by atoms with Gasteiger partial charge in [-0.3, -0.25) is 5.10 Å². The molecule has 2 heterocycles. The molecule has 0 aliphatic carbocycles. The number of nitrogen functional groups attached to an aromatic ring is 1. The van der Waals surface area contributed by atoms with E-state index in [0.717, 1.165) is 34.0 Å². The standard InChI is InChI=1S/C34H35N5O2/c35-33-28-20-27(16-18-29(28)36-37-33)23-39-31(21-25-12-6-2-7-13-25)32(40)30(19-17-24-10-4-1-5-11-24)38(34(39)41)22-26-14-8-3-9-15-26/h1-16,18,20,30-32,40H,17,19,21-23H2,(H3,35,36,37). The lowest BCUT2D eigenvalue weighted by Crippen LogP contribution is -2.66. The first-order valence-corrected chi connectivity index (χ1v) is 14.2. The van der Waals surface area contributed by atoms with Gasteiger partial charge in [-0.25, -0.2) is 4.79 Å². The first kappa shape index (κ1) is 26.6. The first-order valence-electron chi connectivity index (χ1n) is 14.2. The predicted molar refractivity (Wildman–Crippen MR) is 162 cm³/mol. The van der Waals surface area contributed by atoms with Crippen molar-refractivity contribution in [1.29, 1.82) is 0 Å². The van der Waals surface area contributed by atoms with Gasteiger partial charge in [-0.05, 0) is 53.6 Å². The average Bonchev–Trinajstić information content (AvgIpc) is 3.38. The van der Waals surface area contributed by atoms with Gasteiger partial charge >= 0.3 is 6.03 Å². The number of nitrogens with zero attached hydrogens (tertiary/aromatic N) is 3. The van der Waals surface area contributed by atoms with Crippen LogP contribution in [0.4, 0.5) is 10.6 Å². The summed E-state index contributed by atoms with van der Waals surface area (Å²) in [6.07, 6.45) is 1.25. The van der Waals surface area contributed by atoms with E-state index < -0.39 is 12.1 Å². The van der Waals surface area contributed by atoms with Gasteiger partial charge in [0.05, 0.1) is 23.7 Å². The Bertz CT molecular complexity index is 1590. The Kier molecular flexibility index (Phi) is 7.69. The van der Waals surface area contributed by atoms with Gasteiger partial charge in [0.25, 0.3) is 0 Å². The summed E-state index contributed by atoms with van der Waals surface area (Å²) in [5, 5.41) is 20.0. The largest absolute Gasteiger partial charge is 0.389 e. The van der Waals surface area contributed by atoms with Crippen LogP contribution < -0.4 is 5.73 Å². The van der Waals surface area contributed by atoms with Gasteiger partial charge in [0, 0.05) is 18.5 Å². The van der Waals surface area contributed by atoms with Crippen LogP contribution in [0, 0.1) is 0 Å². The summed E-state index contributed by atoms with van der Waals surface area (Å²) in [7, 11) is 0. The molecule has 208 valence electrons. The van der Waals surface area contributed by atoms with E-state index in [9.17, 15) is 9.90 Å². The van der Waals surface area contributed by atoms with Crippen molar-refractivity contribution in [2.24, 2.45) is 0 Å². The van der Waals surface area contributed by atoms with Gasteiger partial charge in [-0.1, -0.05) is 97.1 Å². The van der Waals surface area contributed by atoms with E-state index in [0.29, 0.717) is 31.7 Å². The van der Waals surface area contributed by atoms with E-state index in [1.54, 1.807) is 0 Å². The highest BCUT2D eigenvalue weighted by atomic mass is 16.3. The van der Waals surface area contributed by atoms with Gasteiger partial charge in [0.2, 0.25) is 0 Å². The maximum atomic E-state index is 14.5. The number of hydrogen-bond acceptors (Lipinski definition) is 4. The number of fused-ring (bicyclic) bond motifs is 1. The number of anilines is 1. The third-order valence-corrected chi connectivity index (χ3v) is 8.15. The number of aliphatic hydroxyl groups excluding tert-OH is 1. The van der Waals surface area contributed by atoms with Gasteiger partial charge in [-0.15, -0.1) is 0 Å². The van der Waals surface area contributed by atoms with Crippen molar-refractivity contribution >= 4 is 22.8 Å². The number of aryl methyl sites for hydroxylation is 1. The van der Waals surface area contributed by atoms with Crippen LogP contribution in [0.2, 0.25) is 0 Å². The topological polar surface area (TPSA) is 98.5 Å². The molecule has 1 aromatic heterocycles. The van der Waals surface area contributed by atoms with Crippen molar-refractivity contribution in [3.63, 3.8) is 0 Å². The van der Waals surface area contributed by atoms with Crippen molar-refractivity contribution in [2.75, 3.05) is 5.73 Å². The molecule has 1 aliphatic heterocycles. The number of rotatable bonds is 9. The number of nitrogens with one attached hydrogen (secondary N) is 1. The molecule has 1 fully saturated rings. The van der Waals surface area contributed by atoms with Crippen LogP contribution in [-0.2, 0) is 25.9 Å². The van der Waals surface area contributed by atoms with E-state index in [2.05, 4.69) is 34.5 Å². The predicted octanol–water partition coefficient (Wildman–Crippen LogP) is 5.56. The number of aromatic amines is 1. The summed E-state index contributed by atoms with van der Waals surface area (Å²) in [5.74, 6) is 0.430. The summed E-state index contributed by atoms with van der Waals surface area (Å²) >= 11 is 0. The second-order valence-electron chi connectivity index (χ2n) is 10.9. The number of H-pyrrole nitrogens is 1. The number of aromatic nitrogens is 2. The smallest absolute Gasteiger partial charge is 0.321 e. The summed E-state index contributed by atoms with van der Waals surface area (Å²) in [6, 6.07) is 35.5. The summed E-state index contributed by atoms with van der Waals surface area (Å²) < 4.78 is 0. The van der Waals surface area contributed by atoms with Crippen LogP contribution in [0.5, 0.6) is 0 Å². The third-order valence-electron chi connectivity index (χ3n) is 8.15. The molecule has 7 nitrogen and oxygen atoms in total. The Balaban J connectivity index is 1.36. The van der Waals surface area contributed by atoms with Crippen molar-refractivity contribution in [3.05, 3.63) is 131 Å². The number of carbonyl (C=O) groups is 1. The molecule has 2 amide bonds. The zero-order valence-electron chi connectivity index (χ0n) is 22.9. The van der Waals surface area contributed by atoms with Crippen LogP contribution in [-0.4, -0.2) is 49.3 Å². The maximum Gasteiger partial charge on any atom is 0.321 e. The molecule has 3 atom stereocenters. The number of nitrogens with two attached hydrogens (primary N) is 1. The molecule has 1 aliphatic rings. The zero-order valence-corrected chi connectivity index (χ0v) is 22.9. The Labute approximate surface area is 240 Å². The average molecular weight is 546 g/mol. The zero-order chi connectivity index (χ0) is 28.2. The molecule has 1 saturated heterocycles. The van der Waals surface area contributed by atoms with E-state index >= 15 is 0 Å². The van der Waals surface area contributed by atoms with E-state index in [-0.39, 0.29) is 12.1 Å². The Morgan fingerprint density at radius 1 is 0.732 bits per heavy atom. The summed E-state index contributed by atoms with van der Waals surface area (Å²) in [4.78, 5) is 18.2. The van der Waals surface area contributed by atoms with Crippen LogP contribution in [0.15, 0.2) is 109 Å². The van der Waals surface area contributed by atoms with Crippen molar-refractivity contribution in [1.82, 2.24) is 20.0 Å². The van der Waals surface area contributed by atoms with Gasteiger partial charge in [0.1, 0.15) is 0 Å². The number of benzene rings is 4. The maximum absolute atomic E-state index is 14.5. The highest BCUT2D eigenvalue weighted by Crippen LogP contribution is 2.32. The Morgan fingerprint density at radius 3 is 2.00 bits per heavy atom. The highest BCUT2D eigenvalue weighted by molar-refractivity contribution is 5.89. The van der Waals surface area contributed by atoms with Crippen LogP contribution in [0.3, 0.4) is 0 Å². The normalized spacial score (nSPS) is 19.1. The fourth-order valence-electron chi connectivity index (χ4n) is 5.97. The Morgan fingerprint density at radius 2 is 1.32 bits per heavy atom. The molecular formula is C34H35N5O2. The Hall–Kier alpha value is -4.62. The number of carbonyl (C=O) groups excluding carboxylic acids is 1. The molecule has 5 aromatic rings. The SMILES string of the molecule is Nc1n[nH]c2ccc(CN3C(=O)N(Cc4ccccc4)C(CCc4ccccc4)C(O)C3Cc3ccccc3)cc12. The molecule has 0 spiro atoms. The fourth-order valence-corrected chi connectivity index (χ4v) is 5.97. The lowest BCUT2D eigenvalue weighted by atomic mass is 9.88. The molecule has 0 saturated carbocycles. The minimum absolute atomic E-state index is 0.0709. The minimum atomic E-state index is -0.747. The van der Waals surface area contributed by atoms with Crippen molar-refractivity contribution < 1.29 is 9.90 Å². The van der Waals surface area contributed by atoms with Crippen molar-refractivity contribution in [3.8, 4) is 0 Å². The molecule has 4 N–H and O–H groups in total. The lowest BCUT2D eigenvalue weighted by molar-refractivity contribution is -0.0453. The highest BCUT2D eigenvalue weighted by Gasteiger charge is 2.45. The number of hydrogen-bond donors (Lipinski definition) is 3. The van der Waals surface area contributed by atoms with E-state index in [1.165, 1.54) is 5.56 Å². The molecular weight excluding hydrogens is 510 g/mol. The molecule has 4 aromatic carbocycles. The number of amides is 2. The molecule has 6 rings (SSSR count). The molecule has 41 heavy (non-hydrogen) atoms. The van der Waals surface area contributed by atoms with E-state index in [1.807, 2.05) is 94.7 Å². The molecule has 7 heteroatoms. The quantitative estimate of drug-likeness (QED) is 0.226. The molecule has 3 unspecified atom stereocenters. The minimum Gasteiger partial charge on any atom is -0.389 e. The van der Waals surface area contributed by atoms with Crippen LogP contribution in [0.1, 0.15) is 28.7 Å². The molecule has 0 bridgehead atoms. The summed E-state index contributed by atoms with van der Waals surface area (Å²) in [6.45, 7) is 0.781. The first-order chi connectivity index (χ1) is 20.1. The van der Waals surface area contributed by atoms with Crippen LogP contribution in [0.25, 0.3) is 10.9 Å². The fraction of sp³-hybridized carbons (Fsp3) is 0.235. The van der Waals surface area contributed by atoms with Crippen LogP contribution >= 0.6 is 0 Å². The second-order valence-corrected chi connectivity index (χ2v) is 10.9. The summed E-state index contributed by atoms with van der Waals surface area (Å²) in [5.41, 5.74) is 11.2. The van der Waals surface area contributed by atoms with Crippen molar-refractivity contribution in [2.45, 2.75) is 50.5 Å². The lowest BCUT2D eigenvalue weighted by Gasteiger charge is -2.49. The van der Waals surface area contributed by atoms with Gasteiger partial charge in [0.15, 0.2) is 5.82 Å². The molecule has 0 radical (unpaired) electrons. The van der Waals surface area contributed by atoms with E-state index in [4.69, 9.17) is 5.73 Å². The number of aliphatic hydroxyl groups is 1. The third kappa shape index (κ3) is 5.81. The monoisotopic (exact) mass is 545 g/mol. The number of urea groups is 1. The van der Waals surface area contributed by atoms with Gasteiger partial charge in [-0.2, -0.15) is 5.10 Å².